The normalized spacial score (nSPS) is 16.2. The topological polar surface area (TPSA) is 92.3 Å². The van der Waals surface area contributed by atoms with E-state index in [0.29, 0.717) is 18.0 Å². The van der Waals surface area contributed by atoms with Gasteiger partial charge in [0.15, 0.2) is 0 Å². The van der Waals surface area contributed by atoms with Crippen LogP contribution in [0.25, 0.3) is 0 Å². The summed E-state index contributed by atoms with van der Waals surface area (Å²) in [5.74, 6) is -1.26. The van der Waals surface area contributed by atoms with E-state index in [1.807, 2.05) is 0 Å². The molecule has 2 heterocycles. The number of nitrogens with one attached hydrogen (secondary N) is 1. The number of unbranched alkanes of at least 4 members (excludes halogenated alkanes) is 1. The lowest BCUT2D eigenvalue weighted by Gasteiger charge is -2.30. The predicted molar refractivity (Wildman–Crippen MR) is 105 cm³/mol. The number of carbonyl (C=O) groups excluding carboxylic acids is 1. The van der Waals surface area contributed by atoms with Crippen molar-refractivity contribution in [3.05, 3.63) is 35.1 Å². The van der Waals surface area contributed by atoms with Crippen LogP contribution in [-0.2, 0) is 21.2 Å². The number of hydrogen-bond donors (Lipinski definition) is 1. The number of aromatic nitrogens is 2. The van der Waals surface area contributed by atoms with Crippen molar-refractivity contribution in [3.8, 4) is 0 Å². The molecule has 0 bridgehead atoms. The largest absolute Gasteiger partial charge is 0.300 e. The van der Waals surface area contributed by atoms with E-state index in [0.717, 1.165) is 30.3 Å². The highest BCUT2D eigenvalue weighted by Crippen LogP contribution is 2.26. The Morgan fingerprint density at radius 1 is 1.29 bits per heavy atom. The SMILES string of the molecule is CCCCc1nnc(NC(=O)C2CCN(S(=O)(=O)c3ccccc3F)CC2)s1. The Morgan fingerprint density at radius 2 is 2.00 bits per heavy atom. The number of halogens is 1. The third-order valence-corrected chi connectivity index (χ3v) is 7.55. The summed E-state index contributed by atoms with van der Waals surface area (Å²) in [6.45, 7) is 2.45. The quantitative estimate of drug-likeness (QED) is 0.735. The molecular formula is C18H23FN4O3S2. The number of rotatable bonds is 7. The van der Waals surface area contributed by atoms with Gasteiger partial charge in [-0.15, -0.1) is 10.2 Å². The highest BCUT2D eigenvalue weighted by atomic mass is 32.2. The zero-order valence-corrected chi connectivity index (χ0v) is 17.2. The predicted octanol–water partition coefficient (Wildman–Crippen LogP) is 3.06. The molecule has 3 rings (SSSR count). The van der Waals surface area contributed by atoms with Crippen LogP contribution in [0, 0.1) is 11.7 Å². The lowest BCUT2D eigenvalue weighted by atomic mass is 9.97. The monoisotopic (exact) mass is 426 g/mol. The van der Waals surface area contributed by atoms with E-state index < -0.39 is 15.8 Å². The van der Waals surface area contributed by atoms with Gasteiger partial charge in [0, 0.05) is 25.4 Å². The Labute approximate surface area is 168 Å². The van der Waals surface area contributed by atoms with Crippen LogP contribution in [0.3, 0.4) is 0 Å². The second-order valence-corrected chi connectivity index (χ2v) is 9.67. The Hall–Kier alpha value is -1.91. The van der Waals surface area contributed by atoms with Crippen molar-refractivity contribution < 1.29 is 17.6 Å². The van der Waals surface area contributed by atoms with Crippen LogP contribution in [0.4, 0.5) is 9.52 Å². The number of amides is 1. The van der Waals surface area contributed by atoms with Crippen molar-refractivity contribution in [2.45, 2.75) is 43.9 Å². The number of anilines is 1. The van der Waals surface area contributed by atoms with E-state index in [2.05, 4.69) is 22.4 Å². The maximum absolute atomic E-state index is 13.9. The number of benzene rings is 1. The van der Waals surface area contributed by atoms with Gasteiger partial charge in [-0.05, 0) is 31.4 Å². The molecule has 0 saturated carbocycles. The van der Waals surface area contributed by atoms with Crippen molar-refractivity contribution in [1.82, 2.24) is 14.5 Å². The summed E-state index contributed by atoms with van der Waals surface area (Å²) in [7, 11) is -3.90. The number of hydrogen-bond acceptors (Lipinski definition) is 6. The van der Waals surface area contributed by atoms with Gasteiger partial charge < -0.3 is 5.32 Å². The lowest BCUT2D eigenvalue weighted by Crippen LogP contribution is -2.41. The van der Waals surface area contributed by atoms with E-state index in [1.165, 1.54) is 33.8 Å². The summed E-state index contributed by atoms with van der Waals surface area (Å²) in [6.07, 6.45) is 3.69. The highest BCUT2D eigenvalue weighted by Gasteiger charge is 2.33. The molecule has 7 nitrogen and oxygen atoms in total. The summed E-state index contributed by atoms with van der Waals surface area (Å²) in [5, 5.41) is 12.2. The molecule has 1 aliphatic rings. The van der Waals surface area contributed by atoms with Crippen LogP contribution in [0.2, 0.25) is 0 Å². The first-order valence-electron chi connectivity index (χ1n) is 9.29. The fraction of sp³-hybridized carbons (Fsp3) is 0.500. The van der Waals surface area contributed by atoms with Gasteiger partial charge in [-0.1, -0.05) is 36.8 Å². The molecule has 1 saturated heterocycles. The fourth-order valence-electron chi connectivity index (χ4n) is 3.09. The molecule has 1 N–H and O–H groups in total. The van der Waals surface area contributed by atoms with Crippen LogP contribution in [0.15, 0.2) is 29.2 Å². The number of piperidine rings is 1. The molecule has 1 fully saturated rings. The number of carbonyl (C=O) groups is 1. The van der Waals surface area contributed by atoms with Crippen LogP contribution < -0.4 is 5.32 Å². The smallest absolute Gasteiger partial charge is 0.245 e. The zero-order chi connectivity index (χ0) is 20.1. The summed E-state index contributed by atoms with van der Waals surface area (Å²) in [4.78, 5) is 12.1. The first-order valence-corrected chi connectivity index (χ1v) is 11.6. The van der Waals surface area contributed by atoms with E-state index in [-0.39, 0.29) is 29.8 Å². The molecule has 1 aromatic carbocycles. The molecule has 152 valence electrons. The van der Waals surface area contributed by atoms with Crippen molar-refractivity contribution in [2.24, 2.45) is 5.92 Å². The van der Waals surface area contributed by atoms with Crippen LogP contribution in [0.1, 0.15) is 37.6 Å². The standard InChI is InChI=1S/C18H23FN4O3S2/c1-2-3-8-16-21-22-18(27-16)20-17(24)13-9-11-23(12-10-13)28(25,26)15-7-5-4-6-14(15)19/h4-7,13H,2-3,8-12H2,1H3,(H,20,22,24). The van der Waals surface area contributed by atoms with Gasteiger partial charge in [0.25, 0.3) is 0 Å². The van der Waals surface area contributed by atoms with Crippen molar-refractivity contribution in [2.75, 3.05) is 18.4 Å². The third-order valence-electron chi connectivity index (χ3n) is 4.72. The minimum Gasteiger partial charge on any atom is -0.300 e. The van der Waals surface area contributed by atoms with Crippen LogP contribution in [0.5, 0.6) is 0 Å². The molecule has 28 heavy (non-hydrogen) atoms. The molecule has 2 aromatic rings. The first kappa shape index (κ1) is 20.8. The third kappa shape index (κ3) is 4.73. The zero-order valence-electron chi connectivity index (χ0n) is 15.6. The molecule has 1 amide bonds. The van der Waals surface area contributed by atoms with Crippen LogP contribution >= 0.6 is 11.3 Å². The minimum atomic E-state index is -3.90. The summed E-state index contributed by atoms with van der Waals surface area (Å²) < 4.78 is 40.4. The van der Waals surface area contributed by atoms with Gasteiger partial charge in [-0.25, -0.2) is 12.8 Å². The molecule has 10 heteroatoms. The highest BCUT2D eigenvalue weighted by molar-refractivity contribution is 7.89. The maximum atomic E-state index is 13.9. The molecule has 0 unspecified atom stereocenters. The average molecular weight is 427 g/mol. The van der Waals surface area contributed by atoms with Crippen LogP contribution in [-0.4, -0.2) is 41.9 Å². The fourth-order valence-corrected chi connectivity index (χ4v) is 5.41. The average Bonchev–Trinajstić information content (AvgIpc) is 3.14. The van der Waals surface area contributed by atoms with E-state index in [1.54, 1.807) is 0 Å². The summed E-state index contributed by atoms with van der Waals surface area (Å²) in [5.41, 5.74) is 0. The van der Waals surface area contributed by atoms with Gasteiger partial charge in [-0.2, -0.15) is 4.31 Å². The molecule has 0 aliphatic carbocycles. The van der Waals surface area contributed by atoms with Gasteiger partial charge in [0.1, 0.15) is 15.7 Å². The number of sulfonamides is 1. The summed E-state index contributed by atoms with van der Waals surface area (Å²) in [6, 6.07) is 5.33. The molecule has 1 aromatic heterocycles. The van der Waals surface area contributed by atoms with Crippen molar-refractivity contribution >= 4 is 32.4 Å². The van der Waals surface area contributed by atoms with Gasteiger partial charge in [-0.3, -0.25) is 4.79 Å². The van der Waals surface area contributed by atoms with Crippen molar-refractivity contribution in [1.29, 1.82) is 0 Å². The lowest BCUT2D eigenvalue weighted by molar-refractivity contribution is -0.120. The molecule has 1 aliphatic heterocycles. The first-order chi connectivity index (χ1) is 13.4. The molecule has 0 atom stereocenters. The second-order valence-electron chi connectivity index (χ2n) is 6.70. The summed E-state index contributed by atoms with van der Waals surface area (Å²) >= 11 is 1.37. The Kier molecular flexibility index (Phi) is 6.73. The van der Waals surface area contributed by atoms with E-state index in [9.17, 15) is 17.6 Å². The van der Waals surface area contributed by atoms with Gasteiger partial charge in [0.2, 0.25) is 21.1 Å². The van der Waals surface area contributed by atoms with Crippen molar-refractivity contribution in [3.63, 3.8) is 0 Å². The molecule has 0 spiro atoms. The second kappa shape index (κ2) is 9.06. The Bertz CT molecular complexity index is 924. The van der Waals surface area contributed by atoms with E-state index in [4.69, 9.17) is 0 Å². The Balaban J connectivity index is 1.57. The molecular weight excluding hydrogens is 403 g/mol. The maximum Gasteiger partial charge on any atom is 0.245 e. The number of nitrogens with zero attached hydrogens (tertiary/aromatic N) is 3. The van der Waals surface area contributed by atoms with Gasteiger partial charge >= 0.3 is 0 Å². The molecule has 0 radical (unpaired) electrons. The number of aryl methyl sites for hydroxylation is 1. The van der Waals surface area contributed by atoms with Gasteiger partial charge in [0.05, 0.1) is 0 Å². The van der Waals surface area contributed by atoms with E-state index >= 15 is 0 Å². The minimum absolute atomic E-state index is 0.173. The Morgan fingerprint density at radius 3 is 2.68 bits per heavy atom.